The van der Waals surface area contributed by atoms with Crippen molar-refractivity contribution in [3.8, 4) is 0 Å². The van der Waals surface area contributed by atoms with Crippen LogP contribution in [0.3, 0.4) is 0 Å². The summed E-state index contributed by atoms with van der Waals surface area (Å²) in [7, 11) is 0. The van der Waals surface area contributed by atoms with Crippen molar-refractivity contribution in [1.29, 1.82) is 0 Å². The molecule has 120 valence electrons. The van der Waals surface area contributed by atoms with Crippen LogP contribution >= 0.6 is 0 Å². The second-order valence-electron chi connectivity index (χ2n) is 5.68. The van der Waals surface area contributed by atoms with Gasteiger partial charge in [-0.05, 0) is 24.8 Å². The highest BCUT2D eigenvalue weighted by molar-refractivity contribution is 5.89. The zero-order chi connectivity index (χ0) is 16.1. The lowest BCUT2D eigenvalue weighted by Crippen LogP contribution is -2.33. The lowest BCUT2D eigenvalue weighted by Gasteiger charge is -2.18. The minimum atomic E-state index is -0.338. The Kier molecular flexibility index (Phi) is 4.83. The molecule has 0 unspecified atom stereocenters. The molecule has 1 heterocycles. The van der Waals surface area contributed by atoms with Crippen molar-refractivity contribution >= 4 is 11.7 Å². The summed E-state index contributed by atoms with van der Waals surface area (Å²) in [6, 6.07) is 9.00. The molecule has 1 aliphatic rings. The molecular weight excluding hydrogens is 292 g/mol. The lowest BCUT2D eigenvalue weighted by molar-refractivity contribution is 0.239. The number of benzene rings is 1. The Morgan fingerprint density at radius 3 is 2.52 bits per heavy atom. The molecular formula is C17H20N4O2. The molecule has 0 aliphatic heterocycles. The number of hydrogen-bond donors (Lipinski definition) is 3. The number of nitrogens with zero attached hydrogens (tertiary/aromatic N) is 2. The first-order valence-corrected chi connectivity index (χ1v) is 7.81. The molecule has 1 aromatic heterocycles. The number of aromatic nitrogens is 2. The lowest BCUT2D eigenvalue weighted by atomic mass is 10.0. The number of hydrogen-bond acceptors (Lipinski definition) is 4. The number of rotatable bonds is 6. The zero-order valence-electron chi connectivity index (χ0n) is 12.8. The minimum Gasteiger partial charge on any atom is -0.396 e. The van der Waals surface area contributed by atoms with Gasteiger partial charge in [-0.3, -0.25) is 0 Å². The highest BCUT2D eigenvalue weighted by Crippen LogP contribution is 2.37. The molecule has 6 heteroatoms. The maximum Gasteiger partial charge on any atom is 0.319 e. The summed E-state index contributed by atoms with van der Waals surface area (Å²) >= 11 is 0. The maximum atomic E-state index is 12.1. The SMILES string of the molecule is O=C(Nc1cnc(C2CC2)nc1)N[C@H](CCO)c1ccccc1. The number of nitrogens with one attached hydrogen (secondary N) is 2. The molecule has 2 amide bonds. The number of urea groups is 1. The van der Waals surface area contributed by atoms with E-state index in [-0.39, 0.29) is 18.7 Å². The quantitative estimate of drug-likeness (QED) is 0.765. The van der Waals surface area contributed by atoms with Gasteiger partial charge in [-0.25, -0.2) is 14.8 Å². The van der Waals surface area contributed by atoms with E-state index in [0.717, 1.165) is 24.2 Å². The molecule has 3 N–H and O–H groups in total. The molecule has 23 heavy (non-hydrogen) atoms. The maximum absolute atomic E-state index is 12.1. The summed E-state index contributed by atoms with van der Waals surface area (Å²) in [5.74, 6) is 1.34. The Morgan fingerprint density at radius 1 is 1.22 bits per heavy atom. The molecule has 3 rings (SSSR count). The van der Waals surface area contributed by atoms with Crippen molar-refractivity contribution in [2.75, 3.05) is 11.9 Å². The highest BCUT2D eigenvalue weighted by Gasteiger charge is 2.26. The van der Waals surface area contributed by atoms with E-state index in [2.05, 4.69) is 20.6 Å². The van der Waals surface area contributed by atoms with E-state index in [0.29, 0.717) is 18.0 Å². The largest absolute Gasteiger partial charge is 0.396 e. The summed E-state index contributed by atoms with van der Waals surface area (Å²) < 4.78 is 0. The number of amides is 2. The summed E-state index contributed by atoms with van der Waals surface area (Å²) in [5, 5.41) is 14.8. The Bertz CT molecular complexity index is 641. The standard InChI is InChI=1S/C17H20N4O2/c22-9-8-15(12-4-2-1-3-5-12)21-17(23)20-14-10-18-16(19-11-14)13-6-7-13/h1-5,10-11,13,15,22H,6-9H2,(H2,20,21,23)/t15-/m1/s1. The normalized spacial score (nSPS) is 15.0. The number of carbonyl (C=O) groups is 1. The average molecular weight is 312 g/mol. The number of aliphatic hydroxyl groups is 1. The molecule has 1 aliphatic carbocycles. The van der Waals surface area contributed by atoms with Gasteiger partial charge in [0.2, 0.25) is 0 Å². The molecule has 0 bridgehead atoms. The molecule has 2 aromatic rings. The third-order valence-corrected chi connectivity index (χ3v) is 3.80. The van der Waals surface area contributed by atoms with Crippen molar-refractivity contribution in [3.63, 3.8) is 0 Å². The monoisotopic (exact) mass is 312 g/mol. The van der Waals surface area contributed by atoms with Crippen LogP contribution in [0.4, 0.5) is 10.5 Å². The van der Waals surface area contributed by atoms with Crippen molar-refractivity contribution in [2.45, 2.75) is 31.2 Å². The van der Waals surface area contributed by atoms with Gasteiger partial charge in [0.25, 0.3) is 0 Å². The minimum absolute atomic E-state index is 0.000955. The number of carbonyl (C=O) groups excluding carboxylic acids is 1. The van der Waals surface area contributed by atoms with Gasteiger partial charge in [-0.1, -0.05) is 30.3 Å². The summed E-state index contributed by atoms with van der Waals surface area (Å²) in [4.78, 5) is 20.7. The van der Waals surface area contributed by atoms with Gasteiger partial charge in [0.1, 0.15) is 5.82 Å². The molecule has 1 aromatic carbocycles. The van der Waals surface area contributed by atoms with Gasteiger partial charge in [0, 0.05) is 12.5 Å². The van der Waals surface area contributed by atoms with Gasteiger partial charge in [-0.15, -0.1) is 0 Å². The van der Waals surface area contributed by atoms with E-state index in [1.54, 1.807) is 12.4 Å². The van der Waals surface area contributed by atoms with Crippen LogP contribution in [-0.4, -0.2) is 27.7 Å². The molecule has 1 saturated carbocycles. The molecule has 6 nitrogen and oxygen atoms in total. The van der Waals surface area contributed by atoms with Crippen LogP contribution in [0.5, 0.6) is 0 Å². The molecule has 0 radical (unpaired) electrons. The zero-order valence-corrected chi connectivity index (χ0v) is 12.8. The third-order valence-electron chi connectivity index (χ3n) is 3.80. The van der Waals surface area contributed by atoms with Gasteiger partial charge in [0.05, 0.1) is 24.1 Å². The number of aliphatic hydroxyl groups excluding tert-OH is 1. The first-order valence-electron chi connectivity index (χ1n) is 7.81. The van der Waals surface area contributed by atoms with E-state index < -0.39 is 0 Å². The van der Waals surface area contributed by atoms with Crippen molar-refractivity contribution in [3.05, 3.63) is 54.1 Å². The van der Waals surface area contributed by atoms with Crippen LogP contribution in [0.1, 0.15) is 42.6 Å². The van der Waals surface area contributed by atoms with E-state index >= 15 is 0 Å². The molecule has 1 fully saturated rings. The summed E-state index contributed by atoms with van der Waals surface area (Å²) in [6.07, 6.45) is 6.00. The first-order chi connectivity index (χ1) is 11.3. The van der Waals surface area contributed by atoms with E-state index in [1.165, 1.54) is 0 Å². The second-order valence-corrected chi connectivity index (χ2v) is 5.68. The predicted octanol–water partition coefficient (Wildman–Crippen LogP) is 2.60. The second kappa shape index (κ2) is 7.19. The van der Waals surface area contributed by atoms with Crippen LogP contribution in [0, 0.1) is 0 Å². The molecule has 1 atom stereocenters. The van der Waals surface area contributed by atoms with E-state index in [9.17, 15) is 9.90 Å². The van der Waals surface area contributed by atoms with Gasteiger partial charge in [-0.2, -0.15) is 0 Å². The van der Waals surface area contributed by atoms with Crippen LogP contribution in [-0.2, 0) is 0 Å². The molecule has 0 saturated heterocycles. The van der Waals surface area contributed by atoms with Gasteiger partial charge in [0.15, 0.2) is 0 Å². The Hall–Kier alpha value is -2.47. The summed E-state index contributed by atoms with van der Waals surface area (Å²) in [6.45, 7) is -0.000955. The predicted molar refractivity (Wildman–Crippen MR) is 87.0 cm³/mol. The van der Waals surface area contributed by atoms with Crippen LogP contribution in [0.2, 0.25) is 0 Å². The molecule has 0 spiro atoms. The van der Waals surface area contributed by atoms with Crippen molar-refractivity contribution in [2.24, 2.45) is 0 Å². The topological polar surface area (TPSA) is 87.1 Å². The third kappa shape index (κ3) is 4.26. The number of anilines is 1. The van der Waals surface area contributed by atoms with Gasteiger partial charge < -0.3 is 15.7 Å². The fourth-order valence-electron chi connectivity index (χ4n) is 2.42. The Balaban J connectivity index is 1.60. The Labute approximate surface area is 135 Å². The first kappa shape index (κ1) is 15.4. The van der Waals surface area contributed by atoms with Gasteiger partial charge >= 0.3 is 6.03 Å². The smallest absolute Gasteiger partial charge is 0.319 e. The summed E-state index contributed by atoms with van der Waals surface area (Å²) in [5.41, 5.74) is 1.51. The van der Waals surface area contributed by atoms with Crippen molar-refractivity contribution < 1.29 is 9.90 Å². The van der Waals surface area contributed by atoms with Crippen LogP contribution in [0.25, 0.3) is 0 Å². The fraction of sp³-hybridized carbons (Fsp3) is 0.353. The van der Waals surface area contributed by atoms with E-state index in [1.807, 2.05) is 30.3 Å². The van der Waals surface area contributed by atoms with E-state index in [4.69, 9.17) is 0 Å². The Morgan fingerprint density at radius 2 is 1.91 bits per heavy atom. The van der Waals surface area contributed by atoms with Crippen LogP contribution in [0.15, 0.2) is 42.7 Å². The highest BCUT2D eigenvalue weighted by atomic mass is 16.3. The van der Waals surface area contributed by atoms with Crippen LogP contribution < -0.4 is 10.6 Å². The van der Waals surface area contributed by atoms with Crippen molar-refractivity contribution in [1.82, 2.24) is 15.3 Å². The average Bonchev–Trinajstić information content (AvgIpc) is 3.41. The fourth-order valence-corrected chi connectivity index (χ4v) is 2.42.